The van der Waals surface area contributed by atoms with Crippen LogP contribution in [0.15, 0.2) is 28.8 Å². The molecule has 6 heteroatoms. The molecule has 0 saturated carbocycles. The summed E-state index contributed by atoms with van der Waals surface area (Å²) in [6.07, 6.45) is 0.219. The molecule has 3 rings (SSSR count). The third-order valence-corrected chi connectivity index (χ3v) is 2.97. The number of nitrogens with zero attached hydrogens (tertiary/aromatic N) is 2. The van der Waals surface area contributed by atoms with Gasteiger partial charge in [-0.05, 0) is 30.7 Å². The van der Waals surface area contributed by atoms with Crippen molar-refractivity contribution in [1.82, 2.24) is 15.5 Å². The first-order valence-electron chi connectivity index (χ1n) is 5.77. The molecule has 2 aromatic rings. The molecule has 0 radical (unpaired) electrons. The number of phenolic OH excluding ortho intramolecular Hbond substituents is 1. The second-order valence-corrected chi connectivity index (χ2v) is 4.35. The number of aromatic nitrogens is 2. The number of aromatic hydroxyl groups is 1. The SMILES string of the molecule is Oc1ccc(-c2noc([C@@H]3C[C@H](O)CN3)n2)cc1. The Morgan fingerprint density at radius 2 is 2.06 bits per heavy atom. The summed E-state index contributed by atoms with van der Waals surface area (Å²) in [5, 5.41) is 25.7. The predicted octanol–water partition coefficient (Wildman–Crippen LogP) is 0.837. The zero-order valence-electron chi connectivity index (χ0n) is 9.58. The monoisotopic (exact) mass is 247 g/mol. The van der Waals surface area contributed by atoms with E-state index in [4.69, 9.17) is 4.52 Å². The highest BCUT2D eigenvalue weighted by Gasteiger charge is 2.28. The number of hydrogen-bond donors (Lipinski definition) is 3. The number of aliphatic hydroxyl groups excluding tert-OH is 1. The van der Waals surface area contributed by atoms with E-state index in [2.05, 4.69) is 15.5 Å². The normalized spacial score (nSPS) is 23.4. The highest BCUT2D eigenvalue weighted by atomic mass is 16.5. The maximum Gasteiger partial charge on any atom is 0.244 e. The van der Waals surface area contributed by atoms with Gasteiger partial charge in [0.05, 0.1) is 12.1 Å². The van der Waals surface area contributed by atoms with Crippen molar-refractivity contribution in [3.8, 4) is 17.1 Å². The van der Waals surface area contributed by atoms with Crippen molar-refractivity contribution < 1.29 is 14.7 Å². The number of aliphatic hydroxyl groups is 1. The van der Waals surface area contributed by atoms with E-state index in [1.165, 1.54) is 0 Å². The van der Waals surface area contributed by atoms with Crippen LogP contribution < -0.4 is 5.32 Å². The molecule has 6 nitrogen and oxygen atoms in total. The molecule has 94 valence electrons. The molecule has 1 aliphatic rings. The summed E-state index contributed by atoms with van der Waals surface area (Å²) in [4.78, 5) is 4.29. The van der Waals surface area contributed by atoms with E-state index in [9.17, 15) is 10.2 Å². The Labute approximate surface area is 103 Å². The van der Waals surface area contributed by atoms with Crippen LogP contribution in [0.5, 0.6) is 5.75 Å². The molecule has 2 atom stereocenters. The molecule has 1 aromatic heterocycles. The first-order valence-corrected chi connectivity index (χ1v) is 5.77. The Hall–Kier alpha value is -1.92. The minimum absolute atomic E-state index is 0.0848. The molecule has 3 N–H and O–H groups in total. The van der Waals surface area contributed by atoms with Gasteiger partial charge in [-0.25, -0.2) is 0 Å². The lowest BCUT2D eigenvalue weighted by molar-refractivity contribution is 0.191. The molecule has 2 heterocycles. The Kier molecular flexibility index (Phi) is 2.73. The van der Waals surface area contributed by atoms with Gasteiger partial charge >= 0.3 is 0 Å². The number of hydrogen-bond acceptors (Lipinski definition) is 6. The summed E-state index contributed by atoms with van der Waals surface area (Å²) in [5.74, 6) is 1.16. The van der Waals surface area contributed by atoms with Crippen LogP contribution in [0.25, 0.3) is 11.4 Å². The van der Waals surface area contributed by atoms with Crippen molar-refractivity contribution >= 4 is 0 Å². The van der Waals surface area contributed by atoms with Crippen LogP contribution in [0.4, 0.5) is 0 Å². The van der Waals surface area contributed by atoms with Gasteiger partial charge < -0.3 is 20.1 Å². The van der Waals surface area contributed by atoms with Crippen LogP contribution >= 0.6 is 0 Å². The molecule has 0 spiro atoms. The van der Waals surface area contributed by atoms with E-state index >= 15 is 0 Å². The third kappa shape index (κ3) is 2.07. The predicted molar refractivity (Wildman–Crippen MR) is 62.8 cm³/mol. The zero-order valence-corrected chi connectivity index (χ0v) is 9.58. The summed E-state index contributed by atoms with van der Waals surface area (Å²) in [5.41, 5.74) is 0.779. The maximum atomic E-state index is 9.44. The van der Waals surface area contributed by atoms with Crippen molar-refractivity contribution in [2.45, 2.75) is 18.6 Å². The second kappa shape index (κ2) is 4.40. The minimum atomic E-state index is -0.362. The number of benzene rings is 1. The maximum absolute atomic E-state index is 9.44. The van der Waals surface area contributed by atoms with Crippen molar-refractivity contribution in [1.29, 1.82) is 0 Å². The van der Waals surface area contributed by atoms with Gasteiger partial charge in [-0.2, -0.15) is 4.98 Å². The molecule has 0 amide bonds. The molecular formula is C12H13N3O3. The molecule has 1 saturated heterocycles. The van der Waals surface area contributed by atoms with Crippen LogP contribution in [-0.2, 0) is 0 Å². The van der Waals surface area contributed by atoms with E-state index in [0.717, 1.165) is 5.56 Å². The Bertz CT molecular complexity index is 538. The molecular weight excluding hydrogens is 234 g/mol. The lowest BCUT2D eigenvalue weighted by Crippen LogP contribution is -2.15. The fourth-order valence-electron chi connectivity index (χ4n) is 2.01. The molecule has 0 bridgehead atoms. The fraction of sp³-hybridized carbons (Fsp3) is 0.333. The van der Waals surface area contributed by atoms with Gasteiger partial charge in [0.25, 0.3) is 0 Å². The number of rotatable bonds is 2. The van der Waals surface area contributed by atoms with Crippen molar-refractivity contribution in [3.05, 3.63) is 30.2 Å². The Balaban J connectivity index is 1.83. The number of phenols is 1. The van der Waals surface area contributed by atoms with Gasteiger partial charge in [0.1, 0.15) is 5.75 Å². The van der Waals surface area contributed by atoms with Gasteiger partial charge in [-0.3, -0.25) is 0 Å². The van der Waals surface area contributed by atoms with Crippen LogP contribution in [-0.4, -0.2) is 33.0 Å². The summed E-state index contributed by atoms with van der Waals surface area (Å²) in [6.45, 7) is 0.543. The number of β-amino-alcohol motifs (C(OH)–C–C–N with tert-alkyl or cyclic N) is 1. The first-order chi connectivity index (χ1) is 8.72. The van der Waals surface area contributed by atoms with E-state index in [1.54, 1.807) is 24.3 Å². The summed E-state index contributed by atoms with van der Waals surface area (Å²) in [7, 11) is 0. The van der Waals surface area contributed by atoms with Crippen LogP contribution in [0.2, 0.25) is 0 Å². The van der Waals surface area contributed by atoms with Crippen LogP contribution in [0.3, 0.4) is 0 Å². The molecule has 0 unspecified atom stereocenters. The Morgan fingerprint density at radius 1 is 1.28 bits per heavy atom. The average Bonchev–Trinajstić information content (AvgIpc) is 2.98. The molecule has 18 heavy (non-hydrogen) atoms. The largest absolute Gasteiger partial charge is 0.508 e. The third-order valence-electron chi connectivity index (χ3n) is 2.97. The molecule has 0 aliphatic carbocycles. The smallest absolute Gasteiger partial charge is 0.244 e. The summed E-state index contributed by atoms with van der Waals surface area (Å²) in [6, 6.07) is 6.51. The topological polar surface area (TPSA) is 91.4 Å². The Morgan fingerprint density at radius 3 is 2.72 bits per heavy atom. The van der Waals surface area contributed by atoms with Crippen molar-refractivity contribution in [2.24, 2.45) is 0 Å². The molecule has 1 aliphatic heterocycles. The summed E-state index contributed by atoms with van der Waals surface area (Å²) >= 11 is 0. The lowest BCUT2D eigenvalue weighted by atomic mass is 10.2. The van der Waals surface area contributed by atoms with Crippen LogP contribution in [0, 0.1) is 0 Å². The standard InChI is InChI=1S/C12H13N3O3/c16-8-3-1-7(2-4-8)11-14-12(18-15-11)10-5-9(17)6-13-10/h1-4,9-10,13,16-17H,5-6H2/t9-,10-/m0/s1. The van der Waals surface area contributed by atoms with Crippen molar-refractivity contribution in [3.63, 3.8) is 0 Å². The van der Waals surface area contributed by atoms with E-state index in [0.29, 0.717) is 24.7 Å². The zero-order chi connectivity index (χ0) is 12.5. The van der Waals surface area contributed by atoms with E-state index in [-0.39, 0.29) is 17.9 Å². The average molecular weight is 247 g/mol. The molecule has 1 fully saturated rings. The van der Waals surface area contributed by atoms with E-state index < -0.39 is 0 Å². The lowest BCUT2D eigenvalue weighted by Gasteiger charge is -2.01. The number of nitrogens with one attached hydrogen (secondary N) is 1. The van der Waals surface area contributed by atoms with Gasteiger partial charge in [0.15, 0.2) is 0 Å². The van der Waals surface area contributed by atoms with Gasteiger partial charge in [0.2, 0.25) is 11.7 Å². The highest BCUT2D eigenvalue weighted by molar-refractivity contribution is 5.55. The van der Waals surface area contributed by atoms with Crippen LogP contribution in [0.1, 0.15) is 18.4 Å². The second-order valence-electron chi connectivity index (χ2n) is 4.35. The molecule has 1 aromatic carbocycles. The highest BCUT2D eigenvalue weighted by Crippen LogP contribution is 2.25. The minimum Gasteiger partial charge on any atom is -0.508 e. The van der Waals surface area contributed by atoms with Gasteiger partial charge in [0, 0.05) is 12.1 Å². The fourth-order valence-corrected chi connectivity index (χ4v) is 2.01. The van der Waals surface area contributed by atoms with Gasteiger partial charge in [-0.15, -0.1) is 0 Å². The quantitative estimate of drug-likeness (QED) is 0.728. The van der Waals surface area contributed by atoms with Gasteiger partial charge in [-0.1, -0.05) is 5.16 Å². The summed E-state index contributed by atoms with van der Waals surface area (Å²) < 4.78 is 5.18. The van der Waals surface area contributed by atoms with Crippen molar-refractivity contribution in [2.75, 3.05) is 6.54 Å². The first kappa shape index (κ1) is 11.2. The van der Waals surface area contributed by atoms with E-state index in [1.807, 2.05) is 0 Å².